The summed E-state index contributed by atoms with van der Waals surface area (Å²) in [6.07, 6.45) is 2.41. The quantitative estimate of drug-likeness (QED) is 0.943. The summed E-state index contributed by atoms with van der Waals surface area (Å²) in [6, 6.07) is 6.26. The van der Waals surface area contributed by atoms with Gasteiger partial charge in [0.25, 0.3) is 0 Å². The first-order chi connectivity index (χ1) is 8.61. The van der Waals surface area contributed by atoms with Crippen molar-refractivity contribution in [3.05, 3.63) is 52.0 Å². The first-order valence-corrected chi connectivity index (χ1v) is 6.62. The highest BCUT2D eigenvalue weighted by atomic mass is 79.9. The van der Waals surface area contributed by atoms with Crippen LogP contribution in [0, 0.1) is 5.82 Å². The molecule has 0 aliphatic heterocycles. The van der Waals surface area contributed by atoms with Crippen molar-refractivity contribution < 1.29 is 4.39 Å². The molecule has 0 bridgehead atoms. The SMILES string of the molecule is CCn1ncc(Br)c1C(N)Cc1ccc(F)cc1. The van der Waals surface area contributed by atoms with Crippen molar-refractivity contribution in [1.82, 2.24) is 9.78 Å². The predicted octanol–water partition coefficient (Wildman–Crippen LogP) is 3.05. The molecule has 0 fully saturated rings. The van der Waals surface area contributed by atoms with Crippen LogP contribution >= 0.6 is 15.9 Å². The number of halogens is 2. The molecule has 96 valence electrons. The minimum Gasteiger partial charge on any atom is -0.322 e. The van der Waals surface area contributed by atoms with Crippen molar-refractivity contribution in [2.24, 2.45) is 5.73 Å². The fourth-order valence-corrected chi connectivity index (χ4v) is 2.55. The number of hydrogen-bond acceptors (Lipinski definition) is 2. The Morgan fingerprint density at radius 3 is 2.67 bits per heavy atom. The molecule has 5 heteroatoms. The molecule has 1 aromatic carbocycles. The highest BCUT2D eigenvalue weighted by Crippen LogP contribution is 2.24. The van der Waals surface area contributed by atoms with Gasteiger partial charge in [-0.05, 0) is 47.0 Å². The molecular weight excluding hydrogens is 297 g/mol. The monoisotopic (exact) mass is 311 g/mol. The van der Waals surface area contributed by atoms with E-state index >= 15 is 0 Å². The van der Waals surface area contributed by atoms with Crippen molar-refractivity contribution in [2.45, 2.75) is 25.9 Å². The maximum absolute atomic E-state index is 12.8. The van der Waals surface area contributed by atoms with Gasteiger partial charge < -0.3 is 5.73 Å². The van der Waals surface area contributed by atoms with Crippen LogP contribution in [0.25, 0.3) is 0 Å². The van der Waals surface area contributed by atoms with E-state index in [-0.39, 0.29) is 11.9 Å². The summed E-state index contributed by atoms with van der Waals surface area (Å²) in [6.45, 7) is 2.80. The van der Waals surface area contributed by atoms with Gasteiger partial charge in [-0.3, -0.25) is 4.68 Å². The van der Waals surface area contributed by atoms with E-state index in [1.807, 2.05) is 11.6 Å². The van der Waals surface area contributed by atoms with Crippen LogP contribution in [-0.2, 0) is 13.0 Å². The summed E-state index contributed by atoms with van der Waals surface area (Å²) < 4.78 is 15.6. The Labute approximate surface area is 114 Å². The maximum Gasteiger partial charge on any atom is 0.123 e. The number of aryl methyl sites for hydroxylation is 1. The highest BCUT2D eigenvalue weighted by Gasteiger charge is 2.16. The molecule has 0 aliphatic rings. The van der Waals surface area contributed by atoms with Gasteiger partial charge in [-0.2, -0.15) is 5.10 Å². The molecule has 0 aliphatic carbocycles. The zero-order chi connectivity index (χ0) is 13.1. The summed E-state index contributed by atoms with van der Waals surface area (Å²) >= 11 is 3.46. The average molecular weight is 312 g/mol. The number of nitrogens with zero attached hydrogens (tertiary/aromatic N) is 2. The fourth-order valence-electron chi connectivity index (χ4n) is 1.96. The Kier molecular flexibility index (Phi) is 4.14. The van der Waals surface area contributed by atoms with E-state index in [1.54, 1.807) is 18.3 Å². The lowest BCUT2D eigenvalue weighted by molar-refractivity contribution is 0.566. The summed E-state index contributed by atoms with van der Waals surface area (Å²) in [5, 5.41) is 4.24. The second-order valence-corrected chi connectivity index (χ2v) is 4.98. The first kappa shape index (κ1) is 13.2. The third-order valence-electron chi connectivity index (χ3n) is 2.85. The van der Waals surface area contributed by atoms with Crippen molar-refractivity contribution in [3.8, 4) is 0 Å². The zero-order valence-electron chi connectivity index (χ0n) is 10.1. The number of benzene rings is 1. The van der Waals surface area contributed by atoms with Crippen LogP contribution in [0.2, 0.25) is 0 Å². The van der Waals surface area contributed by atoms with E-state index < -0.39 is 0 Å². The highest BCUT2D eigenvalue weighted by molar-refractivity contribution is 9.10. The van der Waals surface area contributed by atoms with Gasteiger partial charge in [0.05, 0.1) is 22.4 Å². The Balaban J connectivity index is 2.18. The molecule has 0 saturated heterocycles. The van der Waals surface area contributed by atoms with Gasteiger partial charge in [0.1, 0.15) is 5.82 Å². The third kappa shape index (κ3) is 2.79. The lowest BCUT2D eigenvalue weighted by Gasteiger charge is -2.14. The maximum atomic E-state index is 12.8. The molecule has 1 heterocycles. The largest absolute Gasteiger partial charge is 0.322 e. The topological polar surface area (TPSA) is 43.8 Å². The minimum atomic E-state index is -0.230. The lowest BCUT2D eigenvalue weighted by Crippen LogP contribution is -2.18. The molecule has 1 aromatic heterocycles. The van der Waals surface area contributed by atoms with E-state index in [0.717, 1.165) is 22.3 Å². The van der Waals surface area contributed by atoms with Crippen LogP contribution in [0.5, 0.6) is 0 Å². The van der Waals surface area contributed by atoms with Crippen molar-refractivity contribution >= 4 is 15.9 Å². The molecule has 1 unspecified atom stereocenters. The summed E-state index contributed by atoms with van der Waals surface area (Å²) in [5.74, 6) is -0.230. The van der Waals surface area contributed by atoms with Crippen LogP contribution in [0.15, 0.2) is 34.9 Å². The number of hydrogen-bond donors (Lipinski definition) is 1. The molecule has 1 atom stereocenters. The Morgan fingerprint density at radius 2 is 2.06 bits per heavy atom. The molecule has 0 radical (unpaired) electrons. The van der Waals surface area contributed by atoms with Crippen LogP contribution in [0.1, 0.15) is 24.2 Å². The normalized spacial score (nSPS) is 12.7. The van der Waals surface area contributed by atoms with Crippen LogP contribution in [-0.4, -0.2) is 9.78 Å². The van der Waals surface area contributed by atoms with E-state index in [2.05, 4.69) is 21.0 Å². The molecule has 0 saturated carbocycles. The molecule has 3 nitrogen and oxygen atoms in total. The van der Waals surface area contributed by atoms with Crippen LogP contribution in [0.3, 0.4) is 0 Å². The molecule has 0 spiro atoms. The van der Waals surface area contributed by atoms with E-state index in [4.69, 9.17) is 5.73 Å². The van der Waals surface area contributed by atoms with Crippen molar-refractivity contribution in [1.29, 1.82) is 0 Å². The smallest absolute Gasteiger partial charge is 0.123 e. The fraction of sp³-hybridized carbons (Fsp3) is 0.308. The Hall–Kier alpha value is -1.20. The average Bonchev–Trinajstić information content (AvgIpc) is 2.73. The Morgan fingerprint density at radius 1 is 1.39 bits per heavy atom. The molecule has 2 N–H and O–H groups in total. The van der Waals surface area contributed by atoms with Crippen molar-refractivity contribution in [3.63, 3.8) is 0 Å². The van der Waals surface area contributed by atoms with E-state index in [1.165, 1.54) is 12.1 Å². The van der Waals surface area contributed by atoms with Gasteiger partial charge in [0.2, 0.25) is 0 Å². The number of aromatic nitrogens is 2. The Bertz CT molecular complexity index is 522. The summed E-state index contributed by atoms with van der Waals surface area (Å²) in [7, 11) is 0. The summed E-state index contributed by atoms with van der Waals surface area (Å²) in [4.78, 5) is 0. The molecule has 2 aromatic rings. The standard InChI is InChI=1S/C13H15BrFN3/c1-2-18-13(11(14)8-17-18)12(16)7-9-3-5-10(15)6-4-9/h3-6,8,12H,2,7,16H2,1H3. The number of nitrogens with two attached hydrogens (primary N) is 1. The first-order valence-electron chi connectivity index (χ1n) is 5.83. The van der Waals surface area contributed by atoms with Crippen LogP contribution < -0.4 is 5.73 Å². The summed E-state index contributed by atoms with van der Waals surface area (Å²) in [5.41, 5.74) is 8.19. The minimum absolute atomic E-state index is 0.160. The van der Waals surface area contributed by atoms with E-state index in [9.17, 15) is 4.39 Å². The zero-order valence-corrected chi connectivity index (χ0v) is 11.7. The van der Waals surface area contributed by atoms with Gasteiger partial charge in [0.15, 0.2) is 0 Å². The van der Waals surface area contributed by atoms with Gasteiger partial charge in [-0.1, -0.05) is 12.1 Å². The molecule has 2 rings (SSSR count). The molecule has 18 heavy (non-hydrogen) atoms. The van der Waals surface area contributed by atoms with E-state index in [0.29, 0.717) is 6.42 Å². The second kappa shape index (κ2) is 5.63. The van der Waals surface area contributed by atoms with Gasteiger partial charge in [0, 0.05) is 6.54 Å². The third-order valence-corrected chi connectivity index (χ3v) is 3.46. The van der Waals surface area contributed by atoms with Crippen molar-refractivity contribution in [2.75, 3.05) is 0 Å². The van der Waals surface area contributed by atoms with Crippen LogP contribution in [0.4, 0.5) is 4.39 Å². The predicted molar refractivity (Wildman–Crippen MR) is 72.6 cm³/mol. The van der Waals surface area contributed by atoms with Gasteiger partial charge in [-0.25, -0.2) is 4.39 Å². The van der Waals surface area contributed by atoms with Gasteiger partial charge >= 0.3 is 0 Å². The number of rotatable bonds is 4. The van der Waals surface area contributed by atoms with Gasteiger partial charge in [-0.15, -0.1) is 0 Å². The second-order valence-electron chi connectivity index (χ2n) is 4.13. The lowest BCUT2D eigenvalue weighted by atomic mass is 10.0. The molecule has 0 amide bonds. The molecular formula is C13H15BrFN3.